The van der Waals surface area contributed by atoms with Gasteiger partial charge in [0.15, 0.2) is 0 Å². The van der Waals surface area contributed by atoms with Crippen molar-refractivity contribution in [2.75, 3.05) is 13.1 Å². The summed E-state index contributed by atoms with van der Waals surface area (Å²) in [5.41, 5.74) is 5.25. The van der Waals surface area contributed by atoms with E-state index >= 15 is 0 Å². The molecule has 0 N–H and O–H groups in total. The van der Waals surface area contributed by atoms with Crippen LogP contribution in [0.5, 0.6) is 0 Å². The van der Waals surface area contributed by atoms with E-state index in [1.54, 1.807) is 12.3 Å². The number of para-hydroxylation sites is 2. The Hall–Kier alpha value is -3.25. The second kappa shape index (κ2) is 7.17. The predicted molar refractivity (Wildman–Crippen MR) is 121 cm³/mol. The Bertz CT molecular complexity index is 1320. The number of imidazole rings is 1. The van der Waals surface area contributed by atoms with E-state index in [-0.39, 0.29) is 5.56 Å². The summed E-state index contributed by atoms with van der Waals surface area (Å²) in [6, 6.07) is 18.1. The molecule has 0 unspecified atom stereocenters. The molecule has 156 valence electrons. The van der Waals surface area contributed by atoms with Crippen molar-refractivity contribution >= 4 is 11.0 Å². The maximum atomic E-state index is 12.9. The van der Waals surface area contributed by atoms with Crippen molar-refractivity contribution in [3.63, 3.8) is 0 Å². The fourth-order valence-corrected chi connectivity index (χ4v) is 5.41. The van der Waals surface area contributed by atoms with Gasteiger partial charge in [0, 0.05) is 56.1 Å². The lowest BCUT2D eigenvalue weighted by atomic mass is 9.82. The van der Waals surface area contributed by atoms with Gasteiger partial charge in [0.2, 0.25) is 0 Å². The number of benzene rings is 1. The zero-order valence-corrected chi connectivity index (χ0v) is 17.6. The molecule has 2 bridgehead atoms. The van der Waals surface area contributed by atoms with Crippen molar-refractivity contribution < 1.29 is 0 Å². The first-order valence-corrected chi connectivity index (χ1v) is 10.9. The van der Waals surface area contributed by atoms with Crippen LogP contribution in [0, 0.1) is 5.92 Å². The SMILES string of the molecule is Cn1c(CN2C[C@@H]3C[C@H](C2)c2cc(-c4ccccn4)cc(=O)n2C3)nc2ccccc21. The standard InChI is InChI=1S/C25H25N5O/c1-28-22-8-3-2-7-21(22)27-24(28)16-29-13-17-10-19(15-29)23-11-18(12-25(31)30(23)14-17)20-6-4-5-9-26-20/h2-9,11-12,17,19H,10,13-16H2,1H3/t17-,19+/m0/s1. The van der Waals surface area contributed by atoms with E-state index in [9.17, 15) is 4.79 Å². The molecule has 4 aromatic rings. The highest BCUT2D eigenvalue weighted by Crippen LogP contribution is 2.37. The fraction of sp³-hybridized carbons (Fsp3) is 0.320. The van der Waals surface area contributed by atoms with Gasteiger partial charge in [0.05, 0.1) is 23.3 Å². The van der Waals surface area contributed by atoms with Crippen LogP contribution in [0.2, 0.25) is 0 Å². The summed E-state index contributed by atoms with van der Waals surface area (Å²) >= 11 is 0. The monoisotopic (exact) mass is 411 g/mol. The Morgan fingerprint density at radius 3 is 2.74 bits per heavy atom. The Balaban J connectivity index is 1.31. The zero-order chi connectivity index (χ0) is 20.9. The van der Waals surface area contributed by atoms with Crippen LogP contribution < -0.4 is 5.56 Å². The molecule has 5 heterocycles. The first-order chi connectivity index (χ1) is 15.2. The molecule has 2 aliphatic rings. The molecule has 0 radical (unpaired) electrons. The Kier molecular flexibility index (Phi) is 4.28. The van der Waals surface area contributed by atoms with Gasteiger partial charge in [0.1, 0.15) is 5.82 Å². The molecule has 0 amide bonds. The number of likely N-dealkylation sites (tertiary alicyclic amines) is 1. The number of hydrogen-bond acceptors (Lipinski definition) is 4. The second-order valence-corrected chi connectivity index (χ2v) is 8.90. The Morgan fingerprint density at radius 1 is 1.03 bits per heavy atom. The lowest BCUT2D eigenvalue weighted by molar-refractivity contribution is 0.111. The average Bonchev–Trinajstić information content (AvgIpc) is 3.10. The first kappa shape index (κ1) is 18.5. The van der Waals surface area contributed by atoms with Gasteiger partial charge in [-0.1, -0.05) is 18.2 Å². The molecule has 0 aliphatic carbocycles. The molecular weight excluding hydrogens is 386 g/mol. The molecule has 6 nitrogen and oxygen atoms in total. The highest BCUT2D eigenvalue weighted by atomic mass is 16.1. The maximum Gasteiger partial charge on any atom is 0.251 e. The van der Waals surface area contributed by atoms with Gasteiger partial charge < -0.3 is 9.13 Å². The maximum absolute atomic E-state index is 12.9. The van der Waals surface area contributed by atoms with Gasteiger partial charge in [-0.25, -0.2) is 4.98 Å². The molecule has 0 saturated carbocycles. The summed E-state index contributed by atoms with van der Waals surface area (Å²) in [6.07, 6.45) is 2.92. The minimum absolute atomic E-state index is 0.0941. The number of piperidine rings is 1. The number of pyridine rings is 2. The molecular formula is C25H25N5O. The lowest BCUT2D eigenvalue weighted by Crippen LogP contribution is -2.47. The summed E-state index contributed by atoms with van der Waals surface area (Å²) in [5.74, 6) is 1.96. The number of nitrogens with zero attached hydrogens (tertiary/aromatic N) is 5. The molecule has 6 heteroatoms. The zero-order valence-electron chi connectivity index (χ0n) is 17.6. The van der Waals surface area contributed by atoms with E-state index in [0.717, 1.165) is 60.9 Å². The van der Waals surface area contributed by atoms with Gasteiger partial charge in [-0.15, -0.1) is 0 Å². The normalized spacial score (nSPS) is 20.7. The van der Waals surface area contributed by atoms with Crippen molar-refractivity contribution in [3.05, 3.63) is 82.7 Å². The molecule has 1 saturated heterocycles. The van der Waals surface area contributed by atoms with Gasteiger partial charge in [0.25, 0.3) is 5.56 Å². The molecule has 3 aromatic heterocycles. The molecule has 0 spiro atoms. The first-order valence-electron chi connectivity index (χ1n) is 10.9. The van der Waals surface area contributed by atoms with Crippen LogP contribution in [0.4, 0.5) is 0 Å². The molecule has 1 aromatic carbocycles. The van der Waals surface area contributed by atoms with Crippen LogP contribution in [0.15, 0.2) is 65.6 Å². The quantitative estimate of drug-likeness (QED) is 0.518. The van der Waals surface area contributed by atoms with Crippen molar-refractivity contribution in [3.8, 4) is 11.3 Å². The second-order valence-electron chi connectivity index (χ2n) is 8.90. The highest BCUT2D eigenvalue weighted by molar-refractivity contribution is 5.75. The van der Waals surface area contributed by atoms with Crippen LogP contribution in [-0.2, 0) is 20.1 Å². The summed E-state index contributed by atoms with van der Waals surface area (Å²) in [5, 5.41) is 0. The minimum atomic E-state index is 0.0941. The third kappa shape index (κ3) is 3.18. The molecule has 31 heavy (non-hydrogen) atoms. The lowest BCUT2D eigenvalue weighted by Gasteiger charge is -2.42. The Morgan fingerprint density at radius 2 is 1.90 bits per heavy atom. The number of rotatable bonds is 3. The molecule has 1 fully saturated rings. The number of hydrogen-bond donors (Lipinski definition) is 0. The highest BCUT2D eigenvalue weighted by Gasteiger charge is 2.35. The summed E-state index contributed by atoms with van der Waals surface area (Å²) in [4.78, 5) is 24.8. The van der Waals surface area contributed by atoms with Crippen LogP contribution >= 0.6 is 0 Å². The number of fused-ring (bicyclic) bond motifs is 5. The number of aromatic nitrogens is 4. The van der Waals surface area contributed by atoms with Gasteiger partial charge in [-0.2, -0.15) is 0 Å². The van der Waals surface area contributed by atoms with Crippen LogP contribution in [-0.4, -0.2) is 37.1 Å². The van der Waals surface area contributed by atoms with E-state index in [1.165, 1.54) is 5.52 Å². The van der Waals surface area contributed by atoms with Gasteiger partial charge >= 0.3 is 0 Å². The fourth-order valence-electron chi connectivity index (χ4n) is 5.41. The molecule has 6 rings (SSSR count). The van der Waals surface area contributed by atoms with Crippen molar-refractivity contribution in [2.45, 2.75) is 25.4 Å². The van der Waals surface area contributed by atoms with Gasteiger partial charge in [-0.3, -0.25) is 14.7 Å². The predicted octanol–water partition coefficient (Wildman–Crippen LogP) is 3.42. The molecule has 2 aliphatic heterocycles. The van der Waals surface area contributed by atoms with Gasteiger partial charge in [-0.05, 0) is 42.7 Å². The number of aryl methyl sites for hydroxylation is 1. The van der Waals surface area contributed by atoms with Crippen LogP contribution in [0.25, 0.3) is 22.3 Å². The van der Waals surface area contributed by atoms with E-state index < -0.39 is 0 Å². The van der Waals surface area contributed by atoms with E-state index in [2.05, 4.69) is 45.8 Å². The largest absolute Gasteiger partial charge is 0.330 e. The van der Waals surface area contributed by atoms with Crippen LogP contribution in [0.1, 0.15) is 23.9 Å². The molecule has 2 atom stereocenters. The van der Waals surface area contributed by atoms with E-state index in [1.807, 2.05) is 28.8 Å². The minimum Gasteiger partial charge on any atom is -0.330 e. The summed E-state index contributed by atoms with van der Waals surface area (Å²) in [7, 11) is 2.10. The third-order valence-corrected chi connectivity index (χ3v) is 6.84. The smallest absolute Gasteiger partial charge is 0.251 e. The van der Waals surface area contributed by atoms with Crippen molar-refractivity contribution in [1.29, 1.82) is 0 Å². The third-order valence-electron chi connectivity index (χ3n) is 6.84. The average molecular weight is 412 g/mol. The van der Waals surface area contributed by atoms with Crippen molar-refractivity contribution in [1.82, 2.24) is 24.0 Å². The summed E-state index contributed by atoms with van der Waals surface area (Å²) in [6.45, 7) is 3.59. The summed E-state index contributed by atoms with van der Waals surface area (Å²) < 4.78 is 4.20. The topological polar surface area (TPSA) is 56.0 Å². The van der Waals surface area contributed by atoms with Crippen LogP contribution in [0.3, 0.4) is 0 Å². The Labute approximate surface area is 180 Å². The van der Waals surface area contributed by atoms with Crippen molar-refractivity contribution in [2.24, 2.45) is 13.0 Å². The van der Waals surface area contributed by atoms with E-state index in [4.69, 9.17) is 4.98 Å². The van der Waals surface area contributed by atoms with E-state index in [0.29, 0.717) is 11.8 Å².